The van der Waals surface area contributed by atoms with E-state index in [0.29, 0.717) is 18.4 Å². The maximum absolute atomic E-state index is 12.6. The quantitative estimate of drug-likeness (QED) is 0.871. The van der Waals surface area contributed by atoms with Gasteiger partial charge in [0, 0.05) is 26.2 Å². The van der Waals surface area contributed by atoms with Crippen molar-refractivity contribution in [3.05, 3.63) is 35.4 Å². The van der Waals surface area contributed by atoms with Crippen LogP contribution in [-0.4, -0.2) is 78.6 Å². The van der Waals surface area contributed by atoms with E-state index in [4.69, 9.17) is 5.11 Å². The van der Waals surface area contributed by atoms with Crippen LogP contribution >= 0.6 is 0 Å². The van der Waals surface area contributed by atoms with E-state index in [-0.39, 0.29) is 6.61 Å². The number of carbonyl (C=O) groups excluding carboxylic acids is 1. The second-order valence-electron chi connectivity index (χ2n) is 7.61. The molecule has 25 heavy (non-hydrogen) atoms. The minimum Gasteiger partial charge on any atom is -0.392 e. The maximum atomic E-state index is 12.6. The summed E-state index contributed by atoms with van der Waals surface area (Å²) in [7, 11) is 2.16. The van der Waals surface area contributed by atoms with Gasteiger partial charge in [0.15, 0.2) is 0 Å². The molecule has 0 unspecified atom stereocenters. The van der Waals surface area contributed by atoms with Crippen molar-refractivity contribution in [3.8, 4) is 0 Å². The lowest BCUT2D eigenvalue weighted by Crippen LogP contribution is -2.40. The predicted molar refractivity (Wildman–Crippen MR) is 99.3 cm³/mol. The molecule has 1 aromatic carbocycles. The van der Waals surface area contributed by atoms with Crippen molar-refractivity contribution < 1.29 is 9.90 Å². The highest BCUT2D eigenvalue weighted by Crippen LogP contribution is 2.21. The van der Waals surface area contributed by atoms with Crippen molar-refractivity contribution >= 4 is 5.91 Å². The number of nitrogens with zero attached hydrogens (tertiary/aromatic N) is 3. The zero-order valence-electron chi connectivity index (χ0n) is 15.4. The zero-order chi connectivity index (χ0) is 17.6. The van der Waals surface area contributed by atoms with Crippen LogP contribution in [0.15, 0.2) is 24.3 Å². The summed E-state index contributed by atoms with van der Waals surface area (Å²) in [6.07, 6.45) is 3.26. The number of hydrogen-bond donors (Lipinski definition) is 1. The maximum Gasteiger partial charge on any atom is 0.236 e. The van der Waals surface area contributed by atoms with Gasteiger partial charge in [-0.05, 0) is 56.4 Å². The minimum atomic E-state index is 0.0955. The van der Waals surface area contributed by atoms with Crippen LogP contribution in [0, 0.1) is 5.92 Å². The highest BCUT2D eigenvalue weighted by atomic mass is 16.3. The molecule has 0 radical (unpaired) electrons. The molecule has 2 heterocycles. The number of hydrogen-bond acceptors (Lipinski definition) is 4. The van der Waals surface area contributed by atoms with Crippen LogP contribution in [-0.2, 0) is 17.8 Å². The molecule has 0 saturated carbocycles. The van der Waals surface area contributed by atoms with Crippen LogP contribution in [0.1, 0.15) is 24.0 Å². The third-order valence-corrected chi connectivity index (χ3v) is 5.54. The summed E-state index contributed by atoms with van der Waals surface area (Å²) < 4.78 is 0. The van der Waals surface area contributed by atoms with Crippen molar-refractivity contribution in [2.24, 2.45) is 5.92 Å². The van der Waals surface area contributed by atoms with Gasteiger partial charge in [-0.15, -0.1) is 0 Å². The molecule has 0 aromatic heterocycles. The van der Waals surface area contributed by atoms with E-state index in [1.54, 1.807) is 0 Å². The van der Waals surface area contributed by atoms with E-state index < -0.39 is 0 Å². The van der Waals surface area contributed by atoms with Gasteiger partial charge in [-0.2, -0.15) is 0 Å². The Bertz CT molecular complexity index is 561. The Kier molecular flexibility index (Phi) is 6.45. The van der Waals surface area contributed by atoms with Gasteiger partial charge in [-0.3, -0.25) is 9.69 Å². The van der Waals surface area contributed by atoms with E-state index in [0.717, 1.165) is 64.1 Å². The molecule has 5 heteroatoms. The van der Waals surface area contributed by atoms with Crippen LogP contribution < -0.4 is 0 Å². The first-order chi connectivity index (χ1) is 12.1. The Morgan fingerprint density at radius 2 is 1.84 bits per heavy atom. The summed E-state index contributed by atoms with van der Waals surface area (Å²) in [4.78, 5) is 19.3. The number of likely N-dealkylation sites (tertiary alicyclic amines) is 1. The Morgan fingerprint density at radius 1 is 1.08 bits per heavy atom. The summed E-state index contributed by atoms with van der Waals surface area (Å²) in [5, 5.41) is 9.12. The normalized spacial score (nSPS) is 23.0. The van der Waals surface area contributed by atoms with Crippen LogP contribution in [0.5, 0.6) is 0 Å². The summed E-state index contributed by atoms with van der Waals surface area (Å²) in [6, 6.07) is 8.18. The fraction of sp³-hybridized carbons (Fsp3) is 0.650. The molecule has 3 rings (SSSR count). The average molecular weight is 345 g/mol. The van der Waals surface area contributed by atoms with Gasteiger partial charge in [0.05, 0.1) is 13.2 Å². The van der Waals surface area contributed by atoms with Crippen LogP contribution in [0.4, 0.5) is 0 Å². The van der Waals surface area contributed by atoms with Gasteiger partial charge >= 0.3 is 0 Å². The molecule has 2 aliphatic heterocycles. The van der Waals surface area contributed by atoms with E-state index in [2.05, 4.69) is 33.9 Å². The monoisotopic (exact) mass is 345 g/mol. The number of benzene rings is 1. The molecular formula is C20H31N3O2. The Labute approximate surface area is 151 Å². The Balaban J connectivity index is 1.45. The Morgan fingerprint density at radius 3 is 2.60 bits per heavy atom. The van der Waals surface area contributed by atoms with Gasteiger partial charge in [0.1, 0.15) is 0 Å². The van der Waals surface area contributed by atoms with Crippen molar-refractivity contribution in [1.82, 2.24) is 14.7 Å². The highest BCUT2D eigenvalue weighted by molar-refractivity contribution is 5.78. The topological polar surface area (TPSA) is 47.0 Å². The van der Waals surface area contributed by atoms with Crippen molar-refractivity contribution in [2.45, 2.75) is 25.9 Å². The third-order valence-electron chi connectivity index (χ3n) is 5.54. The number of amides is 1. The average Bonchev–Trinajstić information content (AvgIpc) is 2.99. The molecule has 0 bridgehead atoms. The molecule has 2 saturated heterocycles. The molecule has 1 amide bonds. The molecule has 1 N–H and O–H groups in total. The number of aliphatic hydroxyl groups excluding tert-OH is 1. The highest BCUT2D eigenvalue weighted by Gasteiger charge is 2.27. The standard InChI is InChI=1S/C20H31N3O2/c1-21-8-2-9-22(12-11-21)15-20(25)23-10-7-19(14-23)13-17-3-5-18(16-24)6-4-17/h3-6,19,24H,2,7-16H2,1H3/t19-/m1/s1. The first-order valence-electron chi connectivity index (χ1n) is 9.51. The summed E-state index contributed by atoms with van der Waals surface area (Å²) >= 11 is 0. The minimum absolute atomic E-state index is 0.0955. The van der Waals surface area contributed by atoms with E-state index in [9.17, 15) is 4.79 Å². The van der Waals surface area contributed by atoms with Gasteiger partial charge in [0.2, 0.25) is 5.91 Å². The summed E-state index contributed by atoms with van der Waals surface area (Å²) in [5.41, 5.74) is 2.25. The molecule has 2 fully saturated rings. The number of likely N-dealkylation sites (N-methyl/N-ethyl adjacent to an activating group) is 1. The molecule has 2 aliphatic rings. The molecule has 138 valence electrons. The number of aliphatic hydroxyl groups is 1. The first-order valence-corrected chi connectivity index (χ1v) is 9.51. The lowest BCUT2D eigenvalue weighted by atomic mass is 9.98. The second-order valence-corrected chi connectivity index (χ2v) is 7.61. The fourth-order valence-electron chi connectivity index (χ4n) is 3.89. The van der Waals surface area contributed by atoms with E-state index in [1.807, 2.05) is 12.1 Å². The van der Waals surface area contributed by atoms with Gasteiger partial charge in [-0.25, -0.2) is 0 Å². The van der Waals surface area contributed by atoms with Crippen molar-refractivity contribution in [3.63, 3.8) is 0 Å². The largest absolute Gasteiger partial charge is 0.392 e. The van der Waals surface area contributed by atoms with Crippen LogP contribution in [0.3, 0.4) is 0 Å². The fourth-order valence-corrected chi connectivity index (χ4v) is 3.89. The van der Waals surface area contributed by atoms with Crippen molar-refractivity contribution in [1.29, 1.82) is 0 Å². The lowest BCUT2D eigenvalue weighted by Gasteiger charge is -2.23. The lowest BCUT2D eigenvalue weighted by molar-refractivity contribution is -0.131. The predicted octanol–water partition coefficient (Wildman–Crippen LogP) is 1.21. The molecule has 5 nitrogen and oxygen atoms in total. The SMILES string of the molecule is CN1CCCN(CC(=O)N2CC[C@H](Cc3ccc(CO)cc3)C2)CC1. The van der Waals surface area contributed by atoms with Gasteiger partial charge in [-0.1, -0.05) is 24.3 Å². The Hall–Kier alpha value is -1.43. The third kappa shape index (κ3) is 5.27. The van der Waals surface area contributed by atoms with Crippen LogP contribution in [0.2, 0.25) is 0 Å². The molecular weight excluding hydrogens is 314 g/mol. The molecule has 1 atom stereocenters. The van der Waals surface area contributed by atoms with Crippen molar-refractivity contribution in [2.75, 3.05) is 52.9 Å². The smallest absolute Gasteiger partial charge is 0.236 e. The van der Waals surface area contributed by atoms with E-state index in [1.165, 1.54) is 5.56 Å². The van der Waals surface area contributed by atoms with Gasteiger partial charge in [0.25, 0.3) is 0 Å². The zero-order valence-corrected chi connectivity index (χ0v) is 15.4. The van der Waals surface area contributed by atoms with E-state index >= 15 is 0 Å². The van der Waals surface area contributed by atoms with Gasteiger partial charge < -0.3 is 14.9 Å². The molecule has 0 spiro atoms. The molecule has 0 aliphatic carbocycles. The summed E-state index contributed by atoms with van der Waals surface area (Å²) in [5.74, 6) is 0.849. The van der Waals surface area contributed by atoms with Crippen LogP contribution in [0.25, 0.3) is 0 Å². The molecule has 1 aromatic rings. The number of carbonyl (C=O) groups is 1. The summed E-state index contributed by atoms with van der Waals surface area (Å²) in [6.45, 7) is 6.66. The number of rotatable bonds is 5. The second kappa shape index (κ2) is 8.79. The first kappa shape index (κ1) is 18.4.